The Balaban J connectivity index is 2.51. The molecule has 8 heteroatoms. The molecule has 0 atom stereocenters. The number of hydrogen-bond donors (Lipinski definition) is 0. The number of nitrogens with zero attached hydrogens (tertiary/aromatic N) is 3. The lowest BCUT2D eigenvalue weighted by Crippen LogP contribution is -2.27. The first-order chi connectivity index (χ1) is 8.93. The Morgan fingerprint density at radius 3 is 2.68 bits per heavy atom. The normalized spacial score (nSPS) is 11.3. The van der Waals surface area contributed by atoms with Gasteiger partial charge in [0.2, 0.25) is 0 Å². The lowest BCUT2D eigenvalue weighted by atomic mass is 10.5. The summed E-state index contributed by atoms with van der Waals surface area (Å²) in [7, 11) is -2.39. The molecule has 2 aromatic rings. The van der Waals surface area contributed by atoms with Gasteiger partial charge in [0.05, 0.1) is 0 Å². The van der Waals surface area contributed by atoms with Crippen LogP contribution in [-0.4, -0.2) is 25.4 Å². The Bertz CT molecular complexity index is 694. The van der Waals surface area contributed by atoms with Crippen molar-refractivity contribution in [3.05, 3.63) is 46.3 Å². The molecule has 0 saturated carbocycles. The Labute approximate surface area is 124 Å². The molecule has 0 bridgehead atoms. The van der Waals surface area contributed by atoms with Gasteiger partial charge < -0.3 is 0 Å². The van der Waals surface area contributed by atoms with E-state index in [0.29, 0.717) is 10.3 Å². The molecule has 0 radical (unpaired) electrons. The molecule has 0 aromatic carbocycles. The lowest BCUT2D eigenvalue weighted by Gasteiger charge is -2.18. The predicted octanol–water partition coefficient (Wildman–Crippen LogP) is 2.72. The minimum absolute atomic E-state index is 0.0725. The fraction of sp³-hybridized carbons (Fsp3) is 0.0909. The molecule has 2 rings (SSSR count). The van der Waals surface area contributed by atoms with E-state index in [1.54, 1.807) is 18.2 Å². The van der Waals surface area contributed by atoms with Gasteiger partial charge in [0.25, 0.3) is 10.0 Å². The molecule has 0 unspecified atom stereocenters. The molecule has 19 heavy (non-hydrogen) atoms. The van der Waals surface area contributed by atoms with Crippen molar-refractivity contribution in [2.45, 2.75) is 4.90 Å². The van der Waals surface area contributed by atoms with Crippen LogP contribution < -0.4 is 4.31 Å². The van der Waals surface area contributed by atoms with Crippen LogP contribution in [0.3, 0.4) is 0 Å². The zero-order chi connectivity index (χ0) is 14.0. The quantitative estimate of drug-likeness (QED) is 0.788. The first kappa shape index (κ1) is 14.2. The molecule has 0 saturated heterocycles. The summed E-state index contributed by atoms with van der Waals surface area (Å²) in [4.78, 5) is 7.73. The summed E-state index contributed by atoms with van der Waals surface area (Å²) in [5.41, 5.74) is 0. The number of sulfonamides is 1. The van der Waals surface area contributed by atoms with E-state index in [0.717, 1.165) is 4.31 Å². The van der Waals surface area contributed by atoms with Crippen LogP contribution >= 0.6 is 27.5 Å². The van der Waals surface area contributed by atoms with Gasteiger partial charge in [0.1, 0.15) is 15.9 Å². The standard InChI is InChI=1S/C11H9BrClN3O2S/c1-16(10-4-2-3-5-14-10)19(17,18)9-6-8(12)7-15-11(9)13/h2-7H,1H3. The summed E-state index contributed by atoms with van der Waals surface area (Å²) in [5, 5.41) is -0.0778. The molecular weight excluding hydrogens is 354 g/mol. The second-order valence-corrected chi connectivity index (χ2v) is 6.81. The first-order valence-corrected chi connectivity index (χ1v) is 7.75. The maximum Gasteiger partial charge on any atom is 0.268 e. The van der Waals surface area contributed by atoms with Gasteiger partial charge in [-0.2, -0.15) is 0 Å². The number of anilines is 1. The van der Waals surface area contributed by atoms with E-state index in [9.17, 15) is 8.42 Å². The summed E-state index contributed by atoms with van der Waals surface area (Å²) < 4.78 is 26.5. The molecule has 0 amide bonds. The second-order valence-electron chi connectivity index (χ2n) is 3.60. The highest BCUT2D eigenvalue weighted by Crippen LogP contribution is 2.27. The van der Waals surface area contributed by atoms with E-state index in [2.05, 4.69) is 25.9 Å². The van der Waals surface area contributed by atoms with Gasteiger partial charge in [0.15, 0.2) is 0 Å². The van der Waals surface area contributed by atoms with E-state index >= 15 is 0 Å². The average Bonchev–Trinajstić information content (AvgIpc) is 2.41. The zero-order valence-corrected chi connectivity index (χ0v) is 12.9. The molecule has 0 aliphatic heterocycles. The highest BCUT2D eigenvalue weighted by Gasteiger charge is 2.25. The van der Waals surface area contributed by atoms with Crippen molar-refractivity contribution in [1.82, 2.24) is 9.97 Å². The van der Waals surface area contributed by atoms with Crippen molar-refractivity contribution < 1.29 is 8.42 Å². The Kier molecular flexibility index (Phi) is 4.07. The third-order valence-electron chi connectivity index (χ3n) is 2.38. The molecule has 0 aliphatic carbocycles. The lowest BCUT2D eigenvalue weighted by molar-refractivity contribution is 0.593. The summed E-state index contributed by atoms with van der Waals surface area (Å²) in [6, 6.07) is 6.41. The van der Waals surface area contributed by atoms with Gasteiger partial charge in [-0.15, -0.1) is 0 Å². The second kappa shape index (κ2) is 5.44. The molecule has 0 spiro atoms. The van der Waals surface area contributed by atoms with Crippen LogP contribution in [0.15, 0.2) is 46.0 Å². The number of aromatic nitrogens is 2. The average molecular weight is 363 g/mol. The monoisotopic (exact) mass is 361 g/mol. The number of pyridine rings is 2. The Morgan fingerprint density at radius 2 is 2.05 bits per heavy atom. The van der Waals surface area contributed by atoms with Gasteiger partial charge in [-0.1, -0.05) is 17.7 Å². The Morgan fingerprint density at radius 1 is 1.32 bits per heavy atom. The maximum absolute atomic E-state index is 12.4. The van der Waals surface area contributed by atoms with Crippen LogP contribution in [0, 0.1) is 0 Å². The number of halogens is 2. The van der Waals surface area contributed by atoms with Crippen molar-refractivity contribution in [2.75, 3.05) is 11.4 Å². The minimum Gasteiger partial charge on any atom is -0.253 e. The van der Waals surface area contributed by atoms with Gasteiger partial charge in [-0.3, -0.25) is 4.31 Å². The third kappa shape index (κ3) is 2.88. The van der Waals surface area contributed by atoms with Gasteiger partial charge in [-0.25, -0.2) is 18.4 Å². The van der Waals surface area contributed by atoms with Gasteiger partial charge in [0, 0.05) is 23.9 Å². The topological polar surface area (TPSA) is 63.2 Å². The SMILES string of the molecule is CN(c1ccccn1)S(=O)(=O)c1cc(Br)cnc1Cl. The highest BCUT2D eigenvalue weighted by molar-refractivity contribution is 9.10. The van der Waals surface area contributed by atoms with Crippen molar-refractivity contribution in [1.29, 1.82) is 0 Å². The number of rotatable bonds is 3. The van der Waals surface area contributed by atoms with Gasteiger partial charge in [-0.05, 0) is 34.1 Å². The van der Waals surface area contributed by atoms with Crippen LogP contribution in [0.2, 0.25) is 5.15 Å². The van der Waals surface area contributed by atoms with Crippen molar-refractivity contribution in [2.24, 2.45) is 0 Å². The maximum atomic E-state index is 12.4. The van der Waals surface area contributed by atoms with E-state index in [1.807, 2.05) is 0 Å². The van der Waals surface area contributed by atoms with E-state index in [4.69, 9.17) is 11.6 Å². The molecule has 100 valence electrons. The molecule has 0 fully saturated rings. The van der Waals surface area contributed by atoms with Crippen LogP contribution in [-0.2, 0) is 10.0 Å². The molecule has 2 heterocycles. The van der Waals surface area contributed by atoms with E-state index < -0.39 is 10.0 Å². The largest absolute Gasteiger partial charge is 0.268 e. The van der Waals surface area contributed by atoms with E-state index in [1.165, 1.54) is 25.5 Å². The van der Waals surface area contributed by atoms with Crippen molar-refractivity contribution in [3.8, 4) is 0 Å². The van der Waals surface area contributed by atoms with Crippen LogP contribution in [0.25, 0.3) is 0 Å². The first-order valence-electron chi connectivity index (χ1n) is 5.14. The molecule has 0 aliphatic rings. The van der Waals surface area contributed by atoms with Crippen molar-refractivity contribution in [3.63, 3.8) is 0 Å². The van der Waals surface area contributed by atoms with E-state index in [-0.39, 0.29) is 10.0 Å². The third-order valence-corrected chi connectivity index (χ3v) is 5.01. The molecule has 0 N–H and O–H groups in total. The summed E-state index contributed by atoms with van der Waals surface area (Å²) in [5.74, 6) is 0.304. The summed E-state index contributed by atoms with van der Waals surface area (Å²) in [6.45, 7) is 0. The minimum atomic E-state index is -3.80. The summed E-state index contributed by atoms with van der Waals surface area (Å²) >= 11 is 9.03. The van der Waals surface area contributed by atoms with Crippen LogP contribution in [0.5, 0.6) is 0 Å². The van der Waals surface area contributed by atoms with Crippen LogP contribution in [0.1, 0.15) is 0 Å². The molecule has 2 aromatic heterocycles. The van der Waals surface area contributed by atoms with Crippen LogP contribution in [0.4, 0.5) is 5.82 Å². The smallest absolute Gasteiger partial charge is 0.253 e. The fourth-order valence-corrected chi connectivity index (χ4v) is 3.47. The fourth-order valence-electron chi connectivity index (χ4n) is 1.40. The van der Waals surface area contributed by atoms with Crippen molar-refractivity contribution >= 4 is 43.4 Å². The number of hydrogen-bond acceptors (Lipinski definition) is 4. The Hall–Kier alpha value is -1.18. The highest BCUT2D eigenvalue weighted by atomic mass is 79.9. The van der Waals surface area contributed by atoms with Gasteiger partial charge >= 0.3 is 0 Å². The zero-order valence-electron chi connectivity index (χ0n) is 9.79. The molecular formula is C11H9BrClN3O2S. The summed E-state index contributed by atoms with van der Waals surface area (Å²) in [6.07, 6.45) is 2.95. The molecule has 5 nitrogen and oxygen atoms in total. The predicted molar refractivity (Wildman–Crippen MR) is 76.8 cm³/mol.